The Balaban J connectivity index is 1.56. The van der Waals surface area contributed by atoms with Crippen LogP contribution in [0.4, 0.5) is 0 Å². The molecule has 6 nitrogen and oxygen atoms in total. The van der Waals surface area contributed by atoms with Gasteiger partial charge in [-0.05, 0) is 31.0 Å². The Morgan fingerprint density at radius 2 is 2.12 bits per heavy atom. The lowest BCUT2D eigenvalue weighted by Crippen LogP contribution is -2.31. The summed E-state index contributed by atoms with van der Waals surface area (Å²) < 4.78 is 6.65. The first kappa shape index (κ1) is 17.2. The van der Waals surface area contributed by atoms with Gasteiger partial charge in [0, 0.05) is 30.6 Å². The van der Waals surface area contributed by atoms with Gasteiger partial charge in [0.15, 0.2) is 0 Å². The molecule has 1 N–H and O–H groups in total. The number of amides is 1. The smallest absolute Gasteiger partial charge is 0.253 e. The summed E-state index contributed by atoms with van der Waals surface area (Å²) in [6.07, 6.45) is 6.26. The van der Waals surface area contributed by atoms with Gasteiger partial charge >= 0.3 is 0 Å². The van der Waals surface area contributed by atoms with E-state index in [1.807, 2.05) is 0 Å². The summed E-state index contributed by atoms with van der Waals surface area (Å²) in [5.74, 6) is 0.869. The average Bonchev–Trinajstić information content (AvgIpc) is 3.17. The van der Waals surface area contributed by atoms with Crippen LogP contribution in [0, 0.1) is 0 Å². The molecule has 25 heavy (non-hydrogen) atoms. The van der Waals surface area contributed by atoms with Crippen molar-refractivity contribution >= 4 is 5.91 Å². The second-order valence-corrected chi connectivity index (χ2v) is 6.31. The standard InChI is InChI=1S/C19H23N3O3/c1-25-16-8-4-7-15(11-16)19(24)20-9-10-22-13-21-17(12-18(22)23)14-5-2-3-6-14/h4,7-8,11-14H,2-3,5-6,9-10H2,1H3,(H,20,24). The van der Waals surface area contributed by atoms with Crippen molar-refractivity contribution in [3.63, 3.8) is 0 Å². The Morgan fingerprint density at radius 3 is 2.84 bits per heavy atom. The maximum atomic E-state index is 12.2. The summed E-state index contributed by atoms with van der Waals surface area (Å²) in [7, 11) is 1.56. The van der Waals surface area contributed by atoms with Gasteiger partial charge in [-0.25, -0.2) is 4.98 Å². The second kappa shape index (κ2) is 7.96. The normalized spacial score (nSPS) is 14.4. The number of ether oxygens (including phenoxy) is 1. The van der Waals surface area contributed by atoms with Crippen LogP contribution in [0.1, 0.15) is 47.7 Å². The van der Waals surface area contributed by atoms with Gasteiger partial charge in [0.2, 0.25) is 0 Å². The van der Waals surface area contributed by atoms with Crippen LogP contribution in [0.25, 0.3) is 0 Å². The fourth-order valence-electron chi connectivity index (χ4n) is 3.21. The van der Waals surface area contributed by atoms with E-state index >= 15 is 0 Å². The quantitative estimate of drug-likeness (QED) is 0.875. The molecule has 1 saturated carbocycles. The first-order valence-electron chi connectivity index (χ1n) is 8.66. The van der Waals surface area contributed by atoms with Crippen molar-refractivity contribution in [2.24, 2.45) is 0 Å². The van der Waals surface area contributed by atoms with Crippen LogP contribution < -0.4 is 15.6 Å². The average molecular weight is 341 g/mol. The Kier molecular flexibility index (Phi) is 5.48. The summed E-state index contributed by atoms with van der Waals surface area (Å²) in [5, 5.41) is 2.81. The lowest BCUT2D eigenvalue weighted by molar-refractivity contribution is 0.0952. The first-order chi connectivity index (χ1) is 12.2. The highest BCUT2D eigenvalue weighted by Gasteiger charge is 2.18. The highest BCUT2D eigenvalue weighted by molar-refractivity contribution is 5.94. The summed E-state index contributed by atoms with van der Waals surface area (Å²) in [5.41, 5.74) is 1.37. The molecule has 0 spiro atoms. The van der Waals surface area contributed by atoms with Gasteiger partial charge in [-0.15, -0.1) is 0 Å². The minimum Gasteiger partial charge on any atom is -0.497 e. The SMILES string of the molecule is COc1cccc(C(=O)NCCn2cnc(C3CCCC3)cc2=O)c1. The molecule has 1 aromatic carbocycles. The van der Waals surface area contributed by atoms with Crippen LogP contribution in [0.5, 0.6) is 5.75 Å². The van der Waals surface area contributed by atoms with Crippen molar-refractivity contribution in [1.29, 1.82) is 0 Å². The van der Waals surface area contributed by atoms with Gasteiger partial charge in [0.1, 0.15) is 5.75 Å². The van der Waals surface area contributed by atoms with Gasteiger partial charge in [0.25, 0.3) is 11.5 Å². The van der Waals surface area contributed by atoms with E-state index < -0.39 is 0 Å². The number of carbonyl (C=O) groups is 1. The number of hydrogen-bond acceptors (Lipinski definition) is 4. The van der Waals surface area contributed by atoms with Crippen LogP contribution >= 0.6 is 0 Å². The topological polar surface area (TPSA) is 73.2 Å². The minimum atomic E-state index is -0.192. The van der Waals surface area contributed by atoms with Crippen LogP contribution in [0.3, 0.4) is 0 Å². The molecule has 1 aromatic heterocycles. The number of nitrogens with zero attached hydrogens (tertiary/aromatic N) is 2. The maximum Gasteiger partial charge on any atom is 0.253 e. The predicted molar refractivity (Wildman–Crippen MR) is 95.0 cm³/mol. The molecule has 1 aliphatic rings. The maximum absolute atomic E-state index is 12.2. The van der Waals surface area contributed by atoms with Gasteiger partial charge < -0.3 is 10.1 Å². The number of nitrogens with one attached hydrogen (secondary N) is 1. The molecular formula is C19H23N3O3. The van der Waals surface area contributed by atoms with Gasteiger partial charge in [0.05, 0.1) is 19.1 Å². The van der Waals surface area contributed by atoms with Crippen LogP contribution in [0.2, 0.25) is 0 Å². The molecule has 0 unspecified atom stereocenters. The van der Waals surface area contributed by atoms with Gasteiger partial charge in [-0.2, -0.15) is 0 Å². The lowest BCUT2D eigenvalue weighted by atomic mass is 10.0. The van der Waals surface area contributed by atoms with Crippen LogP contribution in [-0.2, 0) is 6.54 Å². The molecule has 132 valence electrons. The van der Waals surface area contributed by atoms with E-state index in [-0.39, 0.29) is 11.5 Å². The van der Waals surface area contributed by atoms with Crippen molar-refractivity contribution in [2.75, 3.05) is 13.7 Å². The zero-order valence-corrected chi connectivity index (χ0v) is 14.4. The second-order valence-electron chi connectivity index (χ2n) is 6.31. The highest BCUT2D eigenvalue weighted by atomic mass is 16.5. The van der Waals surface area contributed by atoms with Gasteiger partial charge in [-0.3, -0.25) is 14.2 Å². The molecule has 0 radical (unpaired) electrons. The molecule has 3 rings (SSSR count). The molecule has 0 saturated heterocycles. The largest absolute Gasteiger partial charge is 0.497 e. The molecule has 1 aliphatic carbocycles. The van der Waals surface area contributed by atoms with E-state index in [4.69, 9.17) is 4.74 Å². The highest BCUT2D eigenvalue weighted by Crippen LogP contribution is 2.32. The van der Waals surface area contributed by atoms with Crippen LogP contribution in [-0.4, -0.2) is 29.1 Å². The lowest BCUT2D eigenvalue weighted by Gasteiger charge is -2.11. The first-order valence-corrected chi connectivity index (χ1v) is 8.66. The Bertz CT molecular complexity index is 794. The fourth-order valence-corrected chi connectivity index (χ4v) is 3.21. The van der Waals surface area contributed by atoms with Crippen molar-refractivity contribution in [2.45, 2.75) is 38.1 Å². The monoisotopic (exact) mass is 341 g/mol. The summed E-state index contributed by atoms with van der Waals surface area (Å²) in [6.45, 7) is 0.757. The molecule has 2 aromatic rings. The van der Waals surface area contributed by atoms with E-state index in [1.54, 1.807) is 43.8 Å². The Labute approximate surface area is 146 Å². The Hall–Kier alpha value is -2.63. The number of benzene rings is 1. The van der Waals surface area contributed by atoms with Crippen molar-refractivity contribution in [3.8, 4) is 5.75 Å². The summed E-state index contributed by atoms with van der Waals surface area (Å²) in [6, 6.07) is 8.60. The third kappa shape index (κ3) is 4.26. The van der Waals surface area contributed by atoms with Crippen LogP contribution in [0.15, 0.2) is 41.5 Å². The van der Waals surface area contributed by atoms with E-state index in [0.29, 0.717) is 30.3 Å². The molecular weight excluding hydrogens is 318 g/mol. The molecule has 0 aliphatic heterocycles. The Morgan fingerprint density at radius 1 is 1.32 bits per heavy atom. The zero-order valence-electron chi connectivity index (χ0n) is 14.4. The van der Waals surface area contributed by atoms with E-state index in [9.17, 15) is 9.59 Å². The zero-order chi connectivity index (χ0) is 17.6. The third-order valence-corrected chi connectivity index (χ3v) is 4.64. The molecule has 1 fully saturated rings. The van der Waals surface area contributed by atoms with E-state index in [1.165, 1.54) is 17.4 Å². The molecule has 1 amide bonds. The number of rotatable bonds is 6. The summed E-state index contributed by atoms with van der Waals surface area (Å²) >= 11 is 0. The number of carbonyl (C=O) groups excluding carboxylic acids is 1. The van der Waals surface area contributed by atoms with Crippen molar-refractivity contribution in [3.05, 3.63) is 58.3 Å². The predicted octanol–water partition coefficient (Wildman–Crippen LogP) is 2.34. The molecule has 6 heteroatoms. The molecule has 0 atom stereocenters. The van der Waals surface area contributed by atoms with Crippen molar-refractivity contribution in [1.82, 2.24) is 14.9 Å². The number of methoxy groups -OCH3 is 1. The minimum absolute atomic E-state index is 0.0625. The number of hydrogen-bond donors (Lipinski definition) is 1. The molecule has 1 heterocycles. The molecule has 0 bridgehead atoms. The number of aromatic nitrogens is 2. The van der Waals surface area contributed by atoms with E-state index in [2.05, 4.69) is 10.3 Å². The van der Waals surface area contributed by atoms with E-state index in [0.717, 1.165) is 18.5 Å². The van der Waals surface area contributed by atoms with Gasteiger partial charge in [-0.1, -0.05) is 18.9 Å². The van der Waals surface area contributed by atoms with Crippen molar-refractivity contribution < 1.29 is 9.53 Å². The summed E-state index contributed by atoms with van der Waals surface area (Å²) in [4.78, 5) is 28.8. The third-order valence-electron chi connectivity index (χ3n) is 4.64. The fraction of sp³-hybridized carbons (Fsp3) is 0.421.